The molecule has 208 valence electrons. The number of alkyl halides is 4. The van der Waals surface area contributed by atoms with E-state index < -0.39 is 46.1 Å². The van der Waals surface area contributed by atoms with Gasteiger partial charge < -0.3 is 14.3 Å². The van der Waals surface area contributed by atoms with Crippen LogP contribution in [0.5, 0.6) is 0 Å². The topological polar surface area (TPSA) is 91.3 Å². The fourth-order valence-corrected chi connectivity index (χ4v) is 3.46. The van der Waals surface area contributed by atoms with Crippen molar-refractivity contribution in [2.24, 2.45) is 5.16 Å². The van der Waals surface area contributed by atoms with Gasteiger partial charge in [0, 0.05) is 9.65 Å². The Balaban J connectivity index is 0.000000382. The summed E-state index contributed by atoms with van der Waals surface area (Å²) in [6, 6.07) is 16.6. The highest BCUT2D eigenvalue weighted by molar-refractivity contribution is 9.09. The third-order valence-corrected chi connectivity index (χ3v) is 7.36. The molecule has 0 fully saturated rings. The van der Waals surface area contributed by atoms with Crippen molar-refractivity contribution in [1.82, 2.24) is 0 Å². The summed E-state index contributed by atoms with van der Waals surface area (Å²) in [6.07, 6.45) is -2.94. The van der Waals surface area contributed by atoms with Gasteiger partial charge in [0.2, 0.25) is 0 Å². The number of ether oxygens (including phenoxy) is 2. The second-order valence-electron chi connectivity index (χ2n) is 7.78. The number of benzene rings is 2. The number of nitrogens with zero attached hydrogens (tertiary/aromatic N) is 1. The molecule has 11 heteroatoms. The number of halogens is 4. The van der Waals surface area contributed by atoms with Gasteiger partial charge in [-0.05, 0) is 37.1 Å². The van der Waals surface area contributed by atoms with Gasteiger partial charge in [0.1, 0.15) is 7.11 Å². The normalized spacial score (nSPS) is 15.6. The Morgan fingerprint density at radius 2 is 1.21 bits per heavy atom. The van der Waals surface area contributed by atoms with Crippen molar-refractivity contribution in [3.05, 3.63) is 71.8 Å². The molecule has 0 saturated heterocycles. The highest BCUT2D eigenvalue weighted by Crippen LogP contribution is 2.20. The molecule has 2 aromatic rings. The van der Waals surface area contributed by atoms with Crippen molar-refractivity contribution in [2.45, 2.75) is 60.9 Å². The number of carbonyl (C=O) groups is 3. The molecule has 0 amide bonds. The molecule has 6 atom stereocenters. The van der Waals surface area contributed by atoms with E-state index >= 15 is 0 Å². The number of hydrogen-bond acceptors (Lipinski definition) is 7. The smallest absolute Gasteiger partial charge is 0.338 e. The molecule has 2 aromatic carbocycles. The second kappa shape index (κ2) is 18.6. The first-order valence-corrected chi connectivity index (χ1v) is 13.6. The molecule has 38 heavy (non-hydrogen) atoms. The lowest BCUT2D eigenvalue weighted by Gasteiger charge is -2.21. The first kappa shape index (κ1) is 33.4. The molecule has 0 N–H and O–H groups in total. The van der Waals surface area contributed by atoms with E-state index in [1.165, 1.54) is 7.11 Å². The highest BCUT2D eigenvalue weighted by atomic mass is 79.9. The maximum Gasteiger partial charge on any atom is 0.338 e. The van der Waals surface area contributed by atoms with Gasteiger partial charge in [-0.15, -0.1) is 0 Å². The van der Waals surface area contributed by atoms with Gasteiger partial charge in [0.25, 0.3) is 0 Å². The van der Waals surface area contributed by atoms with Gasteiger partial charge in [-0.25, -0.2) is 18.4 Å². The minimum atomic E-state index is -1.56. The van der Waals surface area contributed by atoms with Crippen LogP contribution in [-0.2, 0) is 19.1 Å². The summed E-state index contributed by atoms with van der Waals surface area (Å²) in [5.74, 6) is -1.30. The molecule has 0 saturated carbocycles. The lowest BCUT2D eigenvalue weighted by atomic mass is 10.1. The van der Waals surface area contributed by atoms with Crippen LogP contribution in [0.15, 0.2) is 65.8 Å². The summed E-state index contributed by atoms with van der Waals surface area (Å²) in [5.41, 5.74) is 0.650. The van der Waals surface area contributed by atoms with Crippen molar-refractivity contribution in [1.29, 1.82) is 0 Å². The van der Waals surface area contributed by atoms with Crippen LogP contribution in [0.1, 0.15) is 47.4 Å². The van der Waals surface area contributed by atoms with Crippen molar-refractivity contribution in [3.8, 4) is 0 Å². The zero-order valence-corrected chi connectivity index (χ0v) is 24.4. The molecule has 0 aliphatic heterocycles. The van der Waals surface area contributed by atoms with Crippen LogP contribution in [0.25, 0.3) is 0 Å². The molecule has 0 bridgehead atoms. The zero-order valence-electron chi connectivity index (χ0n) is 21.2. The van der Waals surface area contributed by atoms with Crippen LogP contribution < -0.4 is 0 Å². The lowest BCUT2D eigenvalue weighted by Crippen LogP contribution is -2.35. The van der Waals surface area contributed by atoms with E-state index in [-0.39, 0.29) is 0 Å². The van der Waals surface area contributed by atoms with Crippen molar-refractivity contribution >= 4 is 56.3 Å². The Labute approximate surface area is 238 Å². The van der Waals surface area contributed by atoms with Gasteiger partial charge in [0.05, 0.1) is 17.3 Å². The Hall–Kier alpha value is -2.66. The summed E-state index contributed by atoms with van der Waals surface area (Å²) in [7, 11) is 1.34. The van der Waals surface area contributed by atoms with Crippen LogP contribution in [0.3, 0.4) is 0 Å². The van der Waals surface area contributed by atoms with Crippen LogP contribution in [0.4, 0.5) is 8.78 Å². The minimum Gasteiger partial charge on any atom is -0.450 e. The van der Waals surface area contributed by atoms with Crippen LogP contribution >= 0.6 is 31.9 Å². The first-order valence-electron chi connectivity index (χ1n) is 11.8. The summed E-state index contributed by atoms with van der Waals surface area (Å²) >= 11 is 6.32. The van der Waals surface area contributed by atoms with E-state index in [4.69, 9.17) is 9.47 Å². The van der Waals surface area contributed by atoms with Crippen molar-refractivity contribution < 1.29 is 37.5 Å². The quantitative estimate of drug-likeness (QED) is 0.0825. The van der Waals surface area contributed by atoms with Crippen LogP contribution in [0, 0.1) is 0 Å². The highest BCUT2D eigenvalue weighted by Gasteiger charge is 2.31. The van der Waals surface area contributed by atoms with E-state index in [1.54, 1.807) is 67.6 Å². The summed E-state index contributed by atoms with van der Waals surface area (Å²) in [5, 5.41) is 3.49. The number of aldehydes is 1. The fourth-order valence-electron chi connectivity index (χ4n) is 2.86. The minimum absolute atomic E-state index is 0.291. The summed E-state index contributed by atoms with van der Waals surface area (Å²) < 4.78 is 38.0. The second-order valence-corrected chi connectivity index (χ2v) is 10.1. The largest absolute Gasteiger partial charge is 0.450 e. The number of carbonyl (C=O) groups excluding carboxylic acids is 3. The van der Waals surface area contributed by atoms with E-state index in [1.807, 2.05) is 6.92 Å². The number of hydrogen-bond donors (Lipinski definition) is 0. The molecule has 0 aliphatic carbocycles. The molecule has 0 aromatic heterocycles. The lowest BCUT2D eigenvalue weighted by molar-refractivity contribution is -0.118. The molecular formula is C27H31Br2F2NO6. The van der Waals surface area contributed by atoms with Gasteiger partial charge in [-0.1, -0.05) is 87.3 Å². The Morgan fingerprint density at radius 1 is 0.816 bits per heavy atom. The van der Waals surface area contributed by atoms with E-state index in [9.17, 15) is 23.2 Å². The number of esters is 2. The molecule has 0 radical (unpaired) electrons. The maximum absolute atomic E-state index is 14.2. The molecule has 0 aliphatic rings. The van der Waals surface area contributed by atoms with E-state index in [2.05, 4.69) is 41.9 Å². The molecular weight excluding hydrogens is 632 g/mol. The standard InChI is InChI=1S/C14H17BrFNO3.C13H14BrFO3/c1-3-11(15)13(16)12(9-17-19-2)20-14(18)10-7-5-4-6-8-10;1-2-10(14)12(15)11(8-16)18-13(17)9-6-4-3-5-7-9/h4-9,11-13H,3H2,1-2H3;3-8,10-12H,2H2,1H3/t11-,12-,13+;10-,11-,12+/m00/s1. The Morgan fingerprint density at radius 3 is 1.58 bits per heavy atom. The molecule has 0 heterocycles. The predicted octanol–water partition coefficient (Wildman–Crippen LogP) is 6.28. The SMILES string of the molecule is CC[C@H](Br)[C@@H](F)[C@H](C=NOC)OC(=O)c1ccccc1.CC[C@H](Br)[C@@H](F)[C@H](C=O)OC(=O)c1ccccc1. The van der Waals surface area contributed by atoms with Crippen LogP contribution in [0.2, 0.25) is 0 Å². The van der Waals surface area contributed by atoms with E-state index in [0.29, 0.717) is 30.3 Å². The van der Waals surface area contributed by atoms with Crippen LogP contribution in [-0.4, -0.2) is 65.8 Å². The summed E-state index contributed by atoms with van der Waals surface area (Å²) in [4.78, 5) is 38.0. The van der Waals surface area contributed by atoms with Crippen molar-refractivity contribution in [2.75, 3.05) is 7.11 Å². The fraction of sp³-hybridized carbons (Fsp3) is 0.407. The van der Waals surface area contributed by atoms with Gasteiger partial charge in [-0.3, -0.25) is 4.79 Å². The van der Waals surface area contributed by atoms with E-state index in [0.717, 1.165) is 6.21 Å². The summed E-state index contributed by atoms with van der Waals surface area (Å²) in [6.45, 7) is 3.60. The van der Waals surface area contributed by atoms with Gasteiger partial charge in [0.15, 0.2) is 30.8 Å². The Bertz CT molecular complexity index is 1000. The first-order chi connectivity index (χ1) is 18.2. The molecule has 2 rings (SSSR count). The predicted molar refractivity (Wildman–Crippen MR) is 149 cm³/mol. The maximum atomic E-state index is 14.2. The molecule has 0 unspecified atom stereocenters. The molecule has 7 nitrogen and oxygen atoms in total. The molecule has 0 spiro atoms. The van der Waals surface area contributed by atoms with Gasteiger partial charge >= 0.3 is 11.9 Å². The van der Waals surface area contributed by atoms with Gasteiger partial charge in [-0.2, -0.15) is 0 Å². The number of oxime groups is 1. The average Bonchev–Trinajstić information content (AvgIpc) is 2.97. The average molecular weight is 663 g/mol. The number of rotatable bonds is 13. The Kier molecular flexibility index (Phi) is 16.3. The monoisotopic (exact) mass is 661 g/mol. The third-order valence-electron chi connectivity index (χ3n) is 5.05. The zero-order chi connectivity index (χ0) is 28.5. The van der Waals surface area contributed by atoms with Crippen molar-refractivity contribution in [3.63, 3.8) is 0 Å². The third kappa shape index (κ3) is 11.4.